The first kappa shape index (κ1) is 24.7. The number of aryl methyl sites for hydroxylation is 1. The van der Waals surface area contributed by atoms with Crippen LogP contribution in [-0.2, 0) is 17.9 Å². The van der Waals surface area contributed by atoms with Gasteiger partial charge in [-0.25, -0.2) is 0 Å². The molecule has 2 heterocycles. The first-order chi connectivity index (χ1) is 19.3. The van der Waals surface area contributed by atoms with Crippen molar-refractivity contribution in [2.45, 2.75) is 44.6 Å². The molecule has 2 aliphatic rings. The number of aromatic nitrogens is 1. The lowest BCUT2D eigenvalue weighted by Crippen LogP contribution is -2.25. The molecule has 198 valence electrons. The van der Waals surface area contributed by atoms with E-state index in [1.165, 1.54) is 60.9 Å². The average molecular weight is 521 g/mol. The summed E-state index contributed by atoms with van der Waals surface area (Å²) < 4.78 is 2.32. The summed E-state index contributed by atoms with van der Waals surface area (Å²) in [4.78, 5) is 0. The third-order valence-corrected chi connectivity index (χ3v) is 9.39. The van der Waals surface area contributed by atoms with Crippen LogP contribution in [0.1, 0.15) is 56.0 Å². The lowest BCUT2D eigenvalue weighted by molar-refractivity contribution is 0.474. The van der Waals surface area contributed by atoms with Gasteiger partial charge in [0.05, 0.1) is 6.04 Å². The van der Waals surface area contributed by atoms with Crippen molar-refractivity contribution in [2.24, 2.45) is 7.05 Å². The van der Waals surface area contributed by atoms with Crippen molar-refractivity contribution in [3.8, 4) is 11.1 Å². The Labute approximate surface area is 237 Å². The Morgan fingerprint density at radius 1 is 0.575 bits per heavy atom. The first-order valence-electron chi connectivity index (χ1n) is 14.3. The van der Waals surface area contributed by atoms with E-state index in [0.29, 0.717) is 6.04 Å². The molecule has 1 aromatic heterocycles. The third-order valence-electron chi connectivity index (χ3n) is 9.39. The second-order valence-electron chi connectivity index (χ2n) is 12.4. The van der Waals surface area contributed by atoms with E-state index in [0.717, 1.165) is 0 Å². The lowest BCUT2D eigenvalue weighted by Gasteiger charge is -2.28. The number of fused-ring (bicyclic) bond motifs is 7. The monoisotopic (exact) mass is 520 g/mol. The van der Waals surface area contributed by atoms with Crippen molar-refractivity contribution in [3.05, 3.63) is 138 Å². The molecule has 0 spiro atoms. The maximum Gasteiger partial charge on any atom is 0.0606 e. The normalized spacial score (nSPS) is 17.5. The summed E-state index contributed by atoms with van der Waals surface area (Å²) in [6.07, 6.45) is 0. The maximum absolute atomic E-state index is 3.80. The average Bonchev–Trinajstić information content (AvgIpc) is 3.51. The van der Waals surface area contributed by atoms with Gasteiger partial charge >= 0.3 is 0 Å². The molecule has 2 nitrogen and oxygen atoms in total. The molecule has 6 aromatic rings. The molecule has 40 heavy (non-hydrogen) atoms. The van der Waals surface area contributed by atoms with Crippen molar-refractivity contribution < 1.29 is 0 Å². The molecule has 5 aromatic carbocycles. The van der Waals surface area contributed by atoms with Crippen LogP contribution in [0.4, 0.5) is 5.69 Å². The fraction of sp³-hybridized carbons (Fsp3) is 0.211. The van der Waals surface area contributed by atoms with E-state index in [1.807, 2.05) is 0 Å². The predicted octanol–water partition coefficient (Wildman–Crippen LogP) is 9.77. The van der Waals surface area contributed by atoms with Gasteiger partial charge in [0.25, 0.3) is 0 Å². The molecule has 1 aliphatic heterocycles. The van der Waals surface area contributed by atoms with Gasteiger partial charge in [0.2, 0.25) is 0 Å². The van der Waals surface area contributed by atoms with Crippen LogP contribution in [0.3, 0.4) is 0 Å². The van der Waals surface area contributed by atoms with Crippen LogP contribution in [0.25, 0.3) is 32.9 Å². The molecular weight excluding hydrogens is 484 g/mol. The standard InChI is InChI=1S/C23H22N2.C15H14/c1-23(2)18-14-21-17(16-11-7-8-12-20(16)25(21)3)13-19(18)24-22(23)15-9-5-4-6-10-15;1-15(2)13-9-5-3-7-11(13)12-8-4-6-10-14(12)15/h4-14,22,24H,1-3H3;3-10H,1-2H3. The van der Waals surface area contributed by atoms with Crippen molar-refractivity contribution >= 4 is 27.5 Å². The Morgan fingerprint density at radius 2 is 1.15 bits per heavy atom. The number of benzene rings is 5. The molecule has 0 fully saturated rings. The number of para-hydroxylation sites is 1. The zero-order valence-corrected chi connectivity index (χ0v) is 24.0. The van der Waals surface area contributed by atoms with Crippen LogP contribution in [0.5, 0.6) is 0 Å². The molecule has 0 saturated heterocycles. The first-order valence-corrected chi connectivity index (χ1v) is 14.3. The van der Waals surface area contributed by atoms with E-state index >= 15 is 0 Å². The molecule has 8 rings (SSSR count). The topological polar surface area (TPSA) is 17.0 Å². The van der Waals surface area contributed by atoms with E-state index in [4.69, 9.17) is 0 Å². The zero-order chi connectivity index (χ0) is 27.6. The molecule has 1 unspecified atom stereocenters. The summed E-state index contributed by atoms with van der Waals surface area (Å²) in [6, 6.07) is 41.9. The summed E-state index contributed by atoms with van der Waals surface area (Å²) in [5.41, 5.74) is 12.5. The summed E-state index contributed by atoms with van der Waals surface area (Å²) in [7, 11) is 2.17. The number of nitrogens with one attached hydrogen (secondary N) is 1. The highest BCUT2D eigenvalue weighted by molar-refractivity contribution is 6.09. The highest BCUT2D eigenvalue weighted by Crippen LogP contribution is 2.50. The predicted molar refractivity (Wildman–Crippen MR) is 170 cm³/mol. The zero-order valence-electron chi connectivity index (χ0n) is 24.0. The van der Waals surface area contributed by atoms with Crippen molar-refractivity contribution in [1.82, 2.24) is 4.57 Å². The van der Waals surface area contributed by atoms with Crippen molar-refractivity contribution in [3.63, 3.8) is 0 Å². The maximum atomic E-state index is 3.80. The Bertz CT molecular complexity index is 1840. The fourth-order valence-electron chi connectivity index (χ4n) is 7.17. The summed E-state index contributed by atoms with van der Waals surface area (Å²) in [5.74, 6) is 0. The number of nitrogens with zero attached hydrogens (tertiary/aromatic N) is 1. The fourth-order valence-corrected chi connectivity index (χ4v) is 7.17. The third kappa shape index (κ3) is 3.55. The van der Waals surface area contributed by atoms with Crippen LogP contribution >= 0.6 is 0 Å². The number of hydrogen-bond donors (Lipinski definition) is 1. The molecule has 1 N–H and O–H groups in total. The van der Waals surface area contributed by atoms with Crippen LogP contribution in [0, 0.1) is 0 Å². The minimum absolute atomic E-state index is 0.0430. The quantitative estimate of drug-likeness (QED) is 0.228. The minimum Gasteiger partial charge on any atom is -0.377 e. The van der Waals surface area contributed by atoms with E-state index < -0.39 is 0 Å². The molecule has 0 radical (unpaired) electrons. The number of anilines is 1. The van der Waals surface area contributed by atoms with Gasteiger partial charge in [0.1, 0.15) is 0 Å². The van der Waals surface area contributed by atoms with Gasteiger partial charge in [-0.1, -0.05) is 125 Å². The Balaban J connectivity index is 0.000000150. The Kier molecular flexibility index (Phi) is 5.47. The van der Waals surface area contributed by atoms with E-state index in [-0.39, 0.29) is 10.8 Å². The Hall–Kier alpha value is -4.30. The summed E-state index contributed by atoms with van der Waals surface area (Å²) >= 11 is 0. The van der Waals surface area contributed by atoms with Crippen molar-refractivity contribution in [2.75, 3.05) is 5.32 Å². The molecule has 0 amide bonds. The lowest BCUT2D eigenvalue weighted by atomic mass is 9.77. The van der Waals surface area contributed by atoms with Crippen LogP contribution < -0.4 is 5.32 Å². The summed E-state index contributed by atoms with van der Waals surface area (Å²) in [6.45, 7) is 9.30. The van der Waals surface area contributed by atoms with E-state index in [1.54, 1.807) is 0 Å². The largest absolute Gasteiger partial charge is 0.377 e. The smallest absolute Gasteiger partial charge is 0.0606 e. The highest BCUT2D eigenvalue weighted by Gasteiger charge is 2.40. The van der Waals surface area contributed by atoms with E-state index in [9.17, 15) is 0 Å². The SMILES string of the molecule is CC1(C)c2ccccc2-c2ccccc21.Cn1c2ccccc2c2cc3c(cc21)C(C)(C)C(c1ccccc1)N3. The van der Waals surface area contributed by atoms with Crippen molar-refractivity contribution in [1.29, 1.82) is 0 Å². The number of hydrogen-bond acceptors (Lipinski definition) is 1. The van der Waals surface area contributed by atoms with Crippen LogP contribution in [0.15, 0.2) is 115 Å². The Morgan fingerprint density at radius 3 is 1.82 bits per heavy atom. The molecule has 2 heteroatoms. The number of rotatable bonds is 1. The van der Waals surface area contributed by atoms with Gasteiger partial charge in [-0.15, -0.1) is 0 Å². The van der Waals surface area contributed by atoms with Gasteiger partial charge in [0.15, 0.2) is 0 Å². The van der Waals surface area contributed by atoms with Crippen LogP contribution in [-0.4, -0.2) is 4.57 Å². The van der Waals surface area contributed by atoms with Crippen LogP contribution in [0.2, 0.25) is 0 Å². The van der Waals surface area contributed by atoms with Gasteiger partial charge < -0.3 is 9.88 Å². The molecule has 0 saturated carbocycles. The van der Waals surface area contributed by atoms with Gasteiger partial charge in [-0.05, 0) is 51.6 Å². The second kappa shape index (κ2) is 8.86. The highest BCUT2D eigenvalue weighted by atomic mass is 15.0. The summed E-state index contributed by atoms with van der Waals surface area (Å²) in [5, 5.41) is 6.45. The molecule has 0 bridgehead atoms. The van der Waals surface area contributed by atoms with Gasteiger partial charge in [-0.2, -0.15) is 0 Å². The molecule has 1 atom stereocenters. The van der Waals surface area contributed by atoms with Gasteiger partial charge in [0, 0.05) is 45.4 Å². The molecule has 1 aliphatic carbocycles. The second-order valence-corrected chi connectivity index (χ2v) is 12.4. The van der Waals surface area contributed by atoms with Gasteiger partial charge in [-0.3, -0.25) is 0 Å². The molecular formula is C38H36N2. The minimum atomic E-state index is 0.0430. The van der Waals surface area contributed by atoms with E-state index in [2.05, 4.69) is 160 Å².